The molecule has 0 aliphatic carbocycles. The standard InChI is InChI=1S/C13H9FN2O/c14-12-3-1-2-4-13(12)17-9-10-5-6-16-11(7-10)8-15/h1-7H,9H2. The Morgan fingerprint density at radius 3 is 2.88 bits per heavy atom. The minimum atomic E-state index is -0.401. The molecule has 2 aromatic rings. The molecule has 0 amide bonds. The van der Waals surface area contributed by atoms with Gasteiger partial charge in [0, 0.05) is 6.20 Å². The monoisotopic (exact) mass is 228 g/mol. The molecule has 0 spiro atoms. The highest BCUT2D eigenvalue weighted by Gasteiger charge is 2.02. The van der Waals surface area contributed by atoms with Crippen molar-refractivity contribution in [2.75, 3.05) is 0 Å². The van der Waals surface area contributed by atoms with Gasteiger partial charge < -0.3 is 4.74 Å². The molecule has 17 heavy (non-hydrogen) atoms. The van der Waals surface area contributed by atoms with E-state index in [2.05, 4.69) is 4.98 Å². The fourth-order valence-electron chi connectivity index (χ4n) is 1.35. The zero-order valence-corrected chi connectivity index (χ0v) is 8.93. The molecule has 0 saturated heterocycles. The highest BCUT2D eigenvalue weighted by atomic mass is 19.1. The first-order valence-electron chi connectivity index (χ1n) is 5.02. The van der Waals surface area contributed by atoms with Crippen molar-refractivity contribution in [3.8, 4) is 11.8 Å². The molecule has 84 valence electrons. The lowest BCUT2D eigenvalue weighted by molar-refractivity contribution is 0.290. The Kier molecular flexibility index (Phi) is 3.31. The first-order chi connectivity index (χ1) is 8.29. The van der Waals surface area contributed by atoms with Gasteiger partial charge in [-0.05, 0) is 29.8 Å². The van der Waals surface area contributed by atoms with Crippen molar-refractivity contribution in [1.82, 2.24) is 4.98 Å². The summed E-state index contributed by atoms with van der Waals surface area (Å²) < 4.78 is 18.6. The number of nitriles is 1. The van der Waals surface area contributed by atoms with Crippen molar-refractivity contribution in [2.24, 2.45) is 0 Å². The van der Waals surface area contributed by atoms with Gasteiger partial charge in [-0.1, -0.05) is 12.1 Å². The molecule has 1 aromatic heterocycles. The highest BCUT2D eigenvalue weighted by Crippen LogP contribution is 2.17. The SMILES string of the molecule is N#Cc1cc(COc2ccccc2F)ccn1. The molecule has 1 heterocycles. The summed E-state index contributed by atoms with van der Waals surface area (Å²) in [6.07, 6.45) is 1.53. The normalized spacial score (nSPS) is 9.65. The molecule has 1 aromatic carbocycles. The van der Waals surface area contributed by atoms with Crippen LogP contribution in [-0.2, 0) is 6.61 Å². The third kappa shape index (κ3) is 2.79. The maximum atomic E-state index is 13.2. The Morgan fingerprint density at radius 1 is 1.29 bits per heavy atom. The van der Waals surface area contributed by atoms with Crippen molar-refractivity contribution in [2.45, 2.75) is 6.61 Å². The Hall–Kier alpha value is -2.41. The second kappa shape index (κ2) is 5.08. The molecule has 0 fully saturated rings. The number of rotatable bonds is 3. The molecule has 0 unspecified atom stereocenters. The average Bonchev–Trinajstić information content (AvgIpc) is 2.38. The van der Waals surface area contributed by atoms with Crippen LogP contribution in [0, 0.1) is 17.1 Å². The largest absolute Gasteiger partial charge is 0.486 e. The maximum absolute atomic E-state index is 13.2. The quantitative estimate of drug-likeness (QED) is 0.811. The number of benzene rings is 1. The molecular weight excluding hydrogens is 219 g/mol. The zero-order valence-electron chi connectivity index (χ0n) is 8.93. The van der Waals surface area contributed by atoms with Gasteiger partial charge in [0.05, 0.1) is 0 Å². The number of hydrogen-bond donors (Lipinski definition) is 0. The zero-order chi connectivity index (χ0) is 12.1. The summed E-state index contributed by atoms with van der Waals surface area (Å²) in [7, 11) is 0. The molecule has 0 aliphatic rings. The second-order valence-corrected chi connectivity index (χ2v) is 3.38. The first-order valence-corrected chi connectivity index (χ1v) is 5.02. The number of ether oxygens (including phenoxy) is 1. The van der Waals surface area contributed by atoms with Crippen molar-refractivity contribution < 1.29 is 9.13 Å². The van der Waals surface area contributed by atoms with Gasteiger partial charge in [0.15, 0.2) is 11.6 Å². The van der Waals surface area contributed by atoms with Crippen molar-refractivity contribution in [3.63, 3.8) is 0 Å². The summed E-state index contributed by atoms with van der Waals surface area (Å²) in [5, 5.41) is 8.68. The van der Waals surface area contributed by atoms with Gasteiger partial charge in [-0.15, -0.1) is 0 Å². The number of hydrogen-bond acceptors (Lipinski definition) is 3. The topological polar surface area (TPSA) is 45.9 Å². The van der Waals surface area contributed by atoms with Gasteiger partial charge in [0.25, 0.3) is 0 Å². The van der Waals surface area contributed by atoms with Crippen LogP contribution in [0.2, 0.25) is 0 Å². The van der Waals surface area contributed by atoms with Crippen LogP contribution in [0.4, 0.5) is 4.39 Å². The van der Waals surface area contributed by atoms with Crippen molar-refractivity contribution in [1.29, 1.82) is 5.26 Å². The van der Waals surface area contributed by atoms with Crippen LogP contribution < -0.4 is 4.74 Å². The van der Waals surface area contributed by atoms with Crippen LogP contribution in [0.5, 0.6) is 5.75 Å². The lowest BCUT2D eigenvalue weighted by Gasteiger charge is -2.06. The number of halogens is 1. The molecule has 0 bridgehead atoms. The van der Waals surface area contributed by atoms with E-state index < -0.39 is 5.82 Å². The maximum Gasteiger partial charge on any atom is 0.165 e. The number of pyridine rings is 1. The smallest absolute Gasteiger partial charge is 0.165 e. The molecule has 0 saturated carbocycles. The van der Waals surface area contributed by atoms with E-state index in [-0.39, 0.29) is 12.4 Å². The highest BCUT2D eigenvalue weighted by molar-refractivity contribution is 5.27. The van der Waals surface area contributed by atoms with E-state index in [0.717, 1.165) is 5.56 Å². The van der Waals surface area contributed by atoms with Crippen LogP contribution in [0.15, 0.2) is 42.6 Å². The van der Waals surface area contributed by atoms with Crippen LogP contribution in [0.3, 0.4) is 0 Å². The number of nitrogens with zero attached hydrogens (tertiary/aromatic N) is 2. The van der Waals surface area contributed by atoms with Gasteiger partial charge >= 0.3 is 0 Å². The average molecular weight is 228 g/mol. The van der Waals surface area contributed by atoms with Gasteiger partial charge in [-0.2, -0.15) is 5.26 Å². The van der Waals surface area contributed by atoms with E-state index in [4.69, 9.17) is 10.00 Å². The van der Waals surface area contributed by atoms with Crippen LogP contribution >= 0.6 is 0 Å². The summed E-state index contributed by atoms with van der Waals surface area (Å²) in [6, 6.07) is 11.5. The fourth-order valence-corrected chi connectivity index (χ4v) is 1.35. The second-order valence-electron chi connectivity index (χ2n) is 3.38. The van der Waals surface area contributed by atoms with E-state index in [0.29, 0.717) is 5.69 Å². The van der Waals surface area contributed by atoms with E-state index in [1.807, 2.05) is 6.07 Å². The Labute approximate surface area is 98.1 Å². The molecule has 0 atom stereocenters. The summed E-state index contributed by atoms with van der Waals surface area (Å²) in [5.41, 5.74) is 1.10. The van der Waals surface area contributed by atoms with Crippen LogP contribution in [0.1, 0.15) is 11.3 Å². The molecule has 0 radical (unpaired) electrons. The van der Waals surface area contributed by atoms with Gasteiger partial charge in [-0.25, -0.2) is 9.37 Å². The molecule has 4 heteroatoms. The van der Waals surface area contributed by atoms with Gasteiger partial charge in [-0.3, -0.25) is 0 Å². The van der Waals surface area contributed by atoms with E-state index in [1.165, 1.54) is 12.3 Å². The van der Waals surface area contributed by atoms with Crippen molar-refractivity contribution >= 4 is 0 Å². The number of aromatic nitrogens is 1. The van der Waals surface area contributed by atoms with Crippen molar-refractivity contribution in [3.05, 3.63) is 59.7 Å². The lowest BCUT2D eigenvalue weighted by Crippen LogP contribution is -1.98. The summed E-state index contributed by atoms with van der Waals surface area (Å²) >= 11 is 0. The van der Waals surface area contributed by atoms with E-state index >= 15 is 0 Å². The Morgan fingerprint density at radius 2 is 2.12 bits per heavy atom. The van der Waals surface area contributed by atoms with Gasteiger partial charge in [0.2, 0.25) is 0 Å². The minimum absolute atomic E-state index is 0.197. The third-order valence-corrected chi connectivity index (χ3v) is 2.17. The fraction of sp³-hybridized carbons (Fsp3) is 0.0769. The first kappa shape index (κ1) is 11.1. The predicted molar refractivity (Wildman–Crippen MR) is 59.7 cm³/mol. The van der Waals surface area contributed by atoms with Crippen LogP contribution in [-0.4, -0.2) is 4.98 Å². The predicted octanol–water partition coefficient (Wildman–Crippen LogP) is 2.67. The van der Waals surface area contributed by atoms with E-state index in [9.17, 15) is 4.39 Å². The Balaban J connectivity index is 2.08. The molecule has 3 nitrogen and oxygen atoms in total. The van der Waals surface area contributed by atoms with E-state index in [1.54, 1.807) is 30.3 Å². The Bertz CT molecular complexity index is 563. The third-order valence-electron chi connectivity index (χ3n) is 2.17. The van der Waals surface area contributed by atoms with Crippen LogP contribution in [0.25, 0.3) is 0 Å². The molecule has 0 N–H and O–H groups in total. The molecule has 2 rings (SSSR count). The summed E-state index contributed by atoms with van der Waals surface area (Å²) in [4.78, 5) is 3.84. The molecular formula is C13H9FN2O. The molecule has 0 aliphatic heterocycles. The minimum Gasteiger partial charge on any atom is -0.486 e. The lowest BCUT2D eigenvalue weighted by atomic mass is 10.2. The summed E-state index contributed by atoms with van der Waals surface area (Å²) in [6.45, 7) is 0.206. The summed E-state index contributed by atoms with van der Waals surface area (Å²) in [5.74, 6) is -0.204. The number of para-hydroxylation sites is 1. The van der Waals surface area contributed by atoms with Gasteiger partial charge in [0.1, 0.15) is 18.4 Å².